The smallest absolute Gasteiger partial charge is 0.308 e. The average Bonchev–Trinajstić information content (AvgIpc) is 3.03. The fourth-order valence-corrected chi connectivity index (χ4v) is 4.65. The van der Waals surface area contributed by atoms with Crippen molar-refractivity contribution in [3.8, 4) is 0 Å². The molecule has 1 N–H and O–H groups in total. The number of rotatable bonds is 4. The number of hydrogen-bond donors (Lipinski definition) is 1. The molecule has 124 valence electrons. The Morgan fingerprint density at radius 1 is 1.30 bits per heavy atom. The van der Waals surface area contributed by atoms with E-state index in [1.54, 1.807) is 16.2 Å². The Labute approximate surface area is 138 Å². The summed E-state index contributed by atoms with van der Waals surface area (Å²) < 4.78 is 5.41. The fraction of sp³-hybridized carbons (Fsp3) is 0.688. The van der Waals surface area contributed by atoms with Crippen LogP contribution in [0.2, 0.25) is 0 Å². The molecule has 23 heavy (non-hydrogen) atoms. The van der Waals surface area contributed by atoms with E-state index < -0.39 is 11.9 Å². The van der Waals surface area contributed by atoms with Crippen molar-refractivity contribution >= 4 is 23.2 Å². The lowest BCUT2D eigenvalue weighted by Gasteiger charge is -2.20. The number of amides is 1. The Kier molecular flexibility index (Phi) is 3.85. The number of nitrogens with zero attached hydrogens (tertiary/aromatic N) is 2. The van der Waals surface area contributed by atoms with Crippen LogP contribution < -0.4 is 0 Å². The molecule has 3 atom stereocenters. The summed E-state index contributed by atoms with van der Waals surface area (Å²) in [6.45, 7) is 2.09. The van der Waals surface area contributed by atoms with Crippen LogP contribution in [-0.2, 0) is 9.53 Å². The summed E-state index contributed by atoms with van der Waals surface area (Å²) in [6, 6.07) is 0. The van der Waals surface area contributed by atoms with Crippen LogP contribution in [0.25, 0.3) is 0 Å². The van der Waals surface area contributed by atoms with Gasteiger partial charge in [0.15, 0.2) is 0 Å². The summed E-state index contributed by atoms with van der Waals surface area (Å²) in [5, 5.41) is 12.4. The molecule has 2 saturated heterocycles. The second kappa shape index (κ2) is 5.87. The van der Waals surface area contributed by atoms with E-state index in [1.165, 1.54) is 0 Å². The number of hydrogen-bond acceptors (Lipinski definition) is 5. The van der Waals surface area contributed by atoms with Gasteiger partial charge in [-0.25, -0.2) is 4.98 Å². The van der Waals surface area contributed by atoms with Crippen LogP contribution in [0.1, 0.15) is 40.7 Å². The highest BCUT2D eigenvalue weighted by Gasteiger charge is 2.45. The van der Waals surface area contributed by atoms with Crippen LogP contribution in [0.4, 0.5) is 0 Å². The molecular weight excluding hydrogens is 316 g/mol. The fourth-order valence-electron chi connectivity index (χ4n) is 3.69. The molecule has 1 aromatic heterocycles. The Hall–Kier alpha value is -1.47. The summed E-state index contributed by atoms with van der Waals surface area (Å²) >= 11 is 1.55. The van der Waals surface area contributed by atoms with E-state index in [4.69, 9.17) is 4.74 Å². The van der Waals surface area contributed by atoms with Crippen LogP contribution in [0.5, 0.6) is 0 Å². The Bertz CT molecular complexity index is 621. The van der Waals surface area contributed by atoms with Gasteiger partial charge in [-0.1, -0.05) is 0 Å². The quantitative estimate of drug-likeness (QED) is 0.907. The average molecular weight is 336 g/mol. The van der Waals surface area contributed by atoms with Gasteiger partial charge in [-0.2, -0.15) is 0 Å². The number of ether oxygens (including phenoxy) is 1. The zero-order valence-electron chi connectivity index (χ0n) is 12.8. The van der Waals surface area contributed by atoms with E-state index in [1.807, 2.05) is 5.38 Å². The van der Waals surface area contributed by atoms with Gasteiger partial charge in [-0.15, -0.1) is 11.3 Å². The summed E-state index contributed by atoms with van der Waals surface area (Å²) in [5.41, 5.74) is 0.476. The third kappa shape index (κ3) is 2.87. The lowest BCUT2D eigenvalue weighted by Crippen LogP contribution is -2.30. The van der Waals surface area contributed by atoms with Gasteiger partial charge >= 0.3 is 5.97 Å². The molecular formula is C16H20N2O4S. The predicted molar refractivity (Wildman–Crippen MR) is 83.5 cm³/mol. The molecule has 3 heterocycles. The highest BCUT2D eigenvalue weighted by atomic mass is 32.1. The number of aromatic nitrogens is 1. The van der Waals surface area contributed by atoms with Crippen molar-refractivity contribution in [2.75, 3.05) is 26.3 Å². The normalized spacial score (nSPS) is 30.8. The zero-order valence-corrected chi connectivity index (χ0v) is 13.6. The van der Waals surface area contributed by atoms with Gasteiger partial charge in [0.05, 0.1) is 10.9 Å². The molecule has 3 aliphatic rings. The molecule has 0 radical (unpaired) electrons. The summed E-state index contributed by atoms with van der Waals surface area (Å²) in [4.78, 5) is 30.4. The largest absolute Gasteiger partial charge is 0.481 e. The summed E-state index contributed by atoms with van der Waals surface area (Å²) in [5.74, 6) is -0.663. The molecule has 4 rings (SSSR count). The number of aliphatic carboxylic acids is 1. The van der Waals surface area contributed by atoms with E-state index in [0.717, 1.165) is 24.3 Å². The molecule has 0 spiro atoms. The van der Waals surface area contributed by atoms with Crippen molar-refractivity contribution in [2.45, 2.75) is 25.2 Å². The maximum atomic E-state index is 12.7. The molecule has 6 nitrogen and oxygen atoms in total. The Balaban J connectivity index is 1.49. The van der Waals surface area contributed by atoms with Gasteiger partial charge in [0.25, 0.3) is 5.91 Å². The Morgan fingerprint density at radius 2 is 2.13 bits per heavy atom. The number of likely N-dealkylation sites (tertiary alicyclic amines) is 1. The predicted octanol–water partition coefficient (Wildman–Crippen LogP) is 1.83. The number of carboxylic acid groups (broad SMARTS) is 1. The number of thiazole rings is 1. The van der Waals surface area contributed by atoms with E-state index in [0.29, 0.717) is 31.4 Å². The van der Waals surface area contributed by atoms with E-state index >= 15 is 0 Å². The van der Waals surface area contributed by atoms with Crippen LogP contribution >= 0.6 is 11.3 Å². The molecule has 0 aromatic carbocycles. The number of carboxylic acids is 1. The minimum atomic E-state index is -0.811. The standard InChI is InChI=1S/C16H20N2O4S/c19-15(13-8-23-14(17-13)9-1-2-9)18-5-11(10-3-4-22-7-10)12(6-18)16(20)21/h8-12H,1-7H2,(H,20,21)/t10?,11-,12+/m0/s1. The van der Waals surface area contributed by atoms with Crippen LogP contribution in [0.3, 0.4) is 0 Å². The molecule has 3 fully saturated rings. The minimum Gasteiger partial charge on any atom is -0.481 e. The summed E-state index contributed by atoms with van der Waals surface area (Å²) in [7, 11) is 0. The van der Waals surface area contributed by atoms with Gasteiger partial charge in [0.1, 0.15) is 5.69 Å². The molecule has 1 amide bonds. The van der Waals surface area contributed by atoms with E-state index in [2.05, 4.69) is 4.98 Å². The minimum absolute atomic E-state index is 0.0134. The first kappa shape index (κ1) is 15.1. The topological polar surface area (TPSA) is 79.7 Å². The van der Waals surface area contributed by atoms with Gasteiger partial charge in [-0.05, 0) is 31.1 Å². The molecule has 0 bridgehead atoms. The van der Waals surface area contributed by atoms with E-state index in [9.17, 15) is 14.7 Å². The lowest BCUT2D eigenvalue weighted by atomic mass is 9.83. The second-order valence-corrected chi connectivity index (χ2v) is 7.68. The Morgan fingerprint density at radius 3 is 2.78 bits per heavy atom. The lowest BCUT2D eigenvalue weighted by molar-refractivity contribution is -0.143. The monoisotopic (exact) mass is 336 g/mol. The van der Waals surface area contributed by atoms with Gasteiger partial charge < -0.3 is 14.7 Å². The zero-order chi connectivity index (χ0) is 16.0. The molecule has 1 saturated carbocycles. The van der Waals surface area contributed by atoms with Crippen molar-refractivity contribution in [3.05, 3.63) is 16.1 Å². The van der Waals surface area contributed by atoms with Crippen LogP contribution in [-0.4, -0.2) is 53.2 Å². The van der Waals surface area contributed by atoms with Crippen molar-refractivity contribution < 1.29 is 19.4 Å². The molecule has 7 heteroatoms. The molecule has 1 aromatic rings. The maximum absolute atomic E-state index is 12.7. The second-order valence-electron chi connectivity index (χ2n) is 6.79. The van der Waals surface area contributed by atoms with Gasteiger partial charge in [0.2, 0.25) is 0 Å². The van der Waals surface area contributed by atoms with E-state index in [-0.39, 0.29) is 24.3 Å². The van der Waals surface area contributed by atoms with Crippen molar-refractivity contribution in [3.63, 3.8) is 0 Å². The molecule has 1 aliphatic carbocycles. The van der Waals surface area contributed by atoms with Crippen molar-refractivity contribution in [1.82, 2.24) is 9.88 Å². The maximum Gasteiger partial charge on any atom is 0.308 e. The van der Waals surface area contributed by atoms with Crippen LogP contribution in [0.15, 0.2) is 5.38 Å². The highest BCUT2D eigenvalue weighted by Crippen LogP contribution is 2.41. The first-order chi connectivity index (χ1) is 11.1. The van der Waals surface area contributed by atoms with Crippen molar-refractivity contribution in [2.24, 2.45) is 17.8 Å². The van der Waals surface area contributed by atoms with Gasteiger partial charge in [-0.3, -0.25) is 9.59 Å². The van der Waals surface area contributed by atoms with Gasteiger partial charge in [0, 0.05) is 37.6 Å². The molecule has 1 unspecified atom stereocenters. The summed E-state index contributed by atoms with van der Waals surface area (Å²) in [6.07, 6.45) is 3.21. The third-order valence-electron chi connectivity index (χ3n) is 5.21. The van der Waals surface area contributed by atoms with Crippen molar-refractivity contribution in [1.29, 1.82) is 0 Å². The first-order valence-electron chi connectivity index (χ1n) is 8.18. The van der Waals surface area contributed by atoms with Crippen LogP contribution in [0, 0.1) is 17.8 Å². The SMILES string of the molecule is O=C(O)[C@@H]1CN(C(=O)c2csc(C3CC3)n2)C[C@H]1C1CCOC1. The number of carbonyl (C=O) groups excluding carboxylic acids is 1. The molecule has 2 aliphatic heterocycles. The highest BCUT2D eigenvalue weighted by molar-refractivity contribution is 7.10. The third-order valence-corrected chi connectivity index (χ3v) is 6.21. The first-order valence-corrected chi connectivity index (χ1v) is 9.06. The number of carbonyl (C=O) groups is 2.